The SMILES string of the molecule is CCNC(Cc1cccc(Br)c1)c1ccc(Br)cc1C. The molecule has 0 radical (unpaired) electrons. The Hall–Kier alpha value is -0.640. The van der Waals surface area contributed by atoms with Crippen molar-refractivity contribution in [2.45, 2.75) is 26.3 Å². The maximum absolute atomic E-state index is 3.60. The summed E-state index contributed by atoms with van der Waals surface area (Å²) in [5.41, 5.74) is 4.03. The molecule has 2 rings (SSSR count). The summed E-state index contributed by atoms with van der Waals surface area (Å²) in [4.78, 5) is 0. The van der Waals surface area contributed by atoms with Crippen molar-refractivity contribution >= 4 is 31.9 Å². The zero-order valence-electron chi connectivity index (χ0n) is 11.8. The predicted octanol–water partition coefficient (Wildman–Crippen LogP) is 5.41. The van der Waals surface area contributed by atoms with Gasteiger partial charge in [0, 0.05) is 15.0 Å². The first-order chi connectivity index (χ1) is 9.60. The molecule has 0 saturated carbocycles. The van der Waals surface area contributed by atoms with Gasteiger partial charge in [-0.3, -0.25) is 0 Å². The van der Waals surface area contributed by atoms with Crippen LogP contribution in [0.2, 0.25) is 0 Å². The minimum Gasteiger partial charge on any atom is -0.310 e. The molecule has 0 aliphatic rings. The van der Waals surface area contributed by atoms with Crippen molar-refractivity contribution in [1.82, 2.24) is 5.32 Å². The molecule has 1 nitrogen and oxygen atoms in total. The Morgan fingerprint density at radius 1 is 1.05 bits per heavy atom. The Bertz CT molecular complexity index is 581. The second kappa shape index (κ2) is 7.39. The van der Waals surface area contributed by atoms with E-state index in [1.165, 1.54) is 16.7 Å². The molecule has 3 heteroatoms. The van der Waals surface area contributed by atoms with E-state index in [1.807, 2.05) is 0 Å². The van der Waals surface area contributed by atoms with Crippen molar-refractivity contribution in [3.63, 3.8) is 0 Å². The number of hydrogen-bond acceptors (Lipinski definition) is 1. The van der Waals surface area contributed by atoms with Gasteiger partial charge >= 0.3 is 0 Å². The van der Waals surface area contributed by atoms with Crippen LogP contribution in [0.3, 0.4) is 0 Å². The van der Waals surface area contributed by atoms with E-state index in [9.17, 15) is 0 Å². The molecule has 0 heterocycles. The van der Waals surface area contributed by atoms with E-state index < -0.39 is 0 Å². The fourth-order valence-corrected chi connectivity index (χ4v) is 3.39. The van der Waals surface area contributed by atoms with Gasteiger partial charge in [-0.25, -0.2) is 0 Å². The van der Waals surface area contributed by atoms with Crippen molar-refractivity contribution in [3.8, 4) is 0 Å². The van der Waals surface area contributed by atoms with Crippen molar-refractivity contribution in [2.24, 2.45) is 0 Å². The largest absolute Gasteiger partial charge is 0.310 e. The van der Waals surface area contributed by atoms with Gasteiger partial charge in [-0.2, -0.15) is 0 Å². The number of benzene rings is 2. The van der Waals surface area contributed by atoms with Crippen LogP contribution >= 0.6 is 31.9 Å². The third-order valence-electron chi connectivity index (χ3n) is 3.39. The second-order valence-electron chi connectivity index (χ2n) is 4.95. The topological polar surface area (TPSA) is 12.0 Å². The quantitative estimate of drug-likeness (QED) is 0.711. The first kappa shape index (κ1) is 15.7. The molecule has 0 saturated heterocycles. The number of nitrogens with one attached hydrogen (secondary N) is 1. The lowest BCUT2D eigenvalue weighted by Crippen LogP contribution is -2.23. The average Bonchev–Trinajstić information content (AvgIpc) is 2.38. The normalized spacial score (nSPS) is 12.4. The van der Waals surface area contributed by atoms with Gasteiger partial charge in [-0.05, 0) is 60.8 Å². The van der Waals surface area contributed by atoms with Crippen molar-refractivity contribution < 1.29 is 0 Å². The average molecular weight is 397 g/mol. The van der Waals surface area contributed by atoms with Crippen LogP contribution in [0.4, 0.5) is 0 Å². The van der Waals surface area contributed by atoms with Crippen molar-refractivity contribution in [2.75, 3.05) is 6.54 Å². The Labute approximate surface area is 138 Å². The molecule has 0 aromatic heterocycles. The summed E-state index contributed by atoms with van der Waals surface area (Å²) in [6, 6.07) is 15.4. The van der Waals surface area contributed by atoms with Gasteiger partial charge in [-0.1, -0.05) is 57.0 Å². The van der Waals surface area contributed by atoms with Crippen molar-refractivity contribution in [3.05, 3.63) is 68.1 Å². The third kappa shape index (κ3) is 4.18. The van der Waals surface area contributed by atoms with Crippen LogP contribution in [-0.2, 0) is 6.42 Å². The molecule has 0 aliphatic carbocycles. The standard InChI is InChI=1S/C17H19Br2N/c1-3-20-17(11-13-5-4-6-14(18)10-13)16-8-7-15(19)9-12(16)2/h4-10,17,20H,3,11H2,1-2H3. The molecular formula is C17H19Br2N. The highest BCUT2D eigenvalue weighted by atomic mass is 79.9. The molecule has 0 amide bonds. The highest BCUT2D eigenvalue weighted by Gasteiger charge is 2.13. The van der Waals surface area contributed by atoms with E-state index in [0.717, 1.165) is 21.9 Å². The smallest absolute Gasteiger partial charge is 0.0363 e. The monoisotopic (exact) mass is 395 g/mol. The summed E-state index contributed by atoms with van der Waals surface area (Å²) in [5, 5.41) is 3.60. The van der Waals surface area contributed by atoms with E-state index in [4.69, 9.17) is 0 Å². The molecule has 2 aromatic rings. The van der Waals surface area contributed by atoms with Gasteiger partial charge in [0.1, 0.15) is 0 Å². The molecule has 2 aromatic carbocycles. The Morgan fingerprint density at radius 3 is 2.45 bits per heavy atom. The van der Waals surface area contributed by atoms with Crippen LogP contribution < -0.4 is 5.32 Å². The molecular weight excluding hydrogens is 378 g/mol. The fraction of sp³-hybridized carbons (Fsp3) is 0.294. The minimum absolute atomic E-state index is 0.349. The molecule has 0 fully saturated rings. The van der Waals surface area contributed by atoms with Crippen LogP contribution in [0.25, 0.3) is 0 Å². The van der Waals surface area contributed by atoms with Gasteiger partial charge < -0.3 is 5.32 Å². The number of halogens is 2. The first-order valence-corrected chi connectivity index (χ1v) is 8.42. The minimum atomic E-state index is 0.349. The van der Waals surface area contributed by atoms with Gasteiger partial charge in [-0.15, -0.1) is 0 Å². The lowest BCUT2D eigenvalue weighted by molar-refractivity contribution is 0.547. The van der Waals surface area contributed by atoms with Crippen LogP contribution in [0.1, 0.15) is 29.7 Å². The Morgan fingerprint density at radius 2 is 1.80 bits per heavy atom. The molecule has 1 N–H and O–H groups in total. The molecule has 1 atom stereocenters. The van der Waals surface area contributed by atoms with E-state index in [1.54, 1.807) is 0 Å². The summed E-state index contributed by atoms with van der Waals surface area (Å²) in [6.07, 6.45) is 0.996. The molecule has 1 unspecified atom stereocenters. The summed E-state index contributed by atoms with van der Waals surface area (Å²) in [7, 11) is 0. The molecule has 0 aliphatic heterocycles. The molecule has 0 spiro atoms. The van der Waals surface area contributed by atoms with Gasteiger partial charge in [0.25, 0.3) is 0 Å². The molecule has 0 bridgehead atoms. The van der Waals surface area contributed by atoms with E-state index >= 15 is 0 Å². The predicted molar refractivity (Wildman–Crippen MR) is 93.1 cm³/mol. The van der Waals surface area contributed by atoms with Gasteiger partial charge in [0.15, 0.2) is 0 Å². The summed E-state index contributed by atoms with van der Waals surface area (Å²) in [5.74, 6) is 0. The van der Waals surface area contributed by atoms with Crippen LogP contribution in [0.5, 0.6) is 0 Å². The van der Waals surface area contributed by atoms with E-state index in [0.29, 0.717) is 6.04 Å². The van der Waals surface area contributed by atoms with Crippen LogP contribution in [-0.4, -0.2) is 6.54 Å². The Balaban J connectivity index is 2.26. The number of likely N-dealkylation sites (N-methyl/N-ethyl adjacent to an activating group) is 1. The number of aryl methyl sites for hydroxylation is 1. The maximum Gasteiger partial charge on any atom is 0.0363 e. The van der Waals surface area contributed by atoms with E-state index in [2.05, 4.69) is 93.5 Å². The van der Waals surface area contributed by atoms with Crippen molar-refractivity contribution in [1.29, 1.82) is 0 Å². The highest BCUT2D eigenvalue weighted by molar-refractivity contribution is 9.10. The fourth-order valence-electron chi connectivity index (χ4n) is 2.47. The highest BCUT2D eigenvalue weighted by Crippen LogP contribution is 2.25. The maximum atomic E-state index is 3.60. The lowest BCUT2D eigenvalue weighted by atomic mass is 9.95. The zero-order chi connectivity index (χ0) is 14.5. The number of rotatable bonds is 5. The third-order valence-corrected chi connectivity index (χ3v) is 4.37. The Kier molecular flexibility index (Phi) is 5.82. The summed E-state index contributed by atoms with van der Waals surface area (Å²) >= 11 is 7.08. The molecule has 106 valence electrons. The van der Waals surface area contributed by atoms with Gasteiger partial charge in [0.05, 0.1) is 0 Å². The summed E-state index contributed by atoms with van der Waals surface area (Å²) < 4.78 is 2.27. The van der Waals surface area contributed by atoms with Crippen LogP contribution in [0.15, 0.2) is 51.4 Å². The van der Waals surface area contributed by atoms with Crippen LogP contribution in [0, 0.1) is 6.92 Å². The second-order valence-corrected chi connectivity index (χ2v) is 6.78. The number of hydrogen-bond donors (Lipinski definition) is 1. The lowest BCUT2D eigenvalue weighted by Gasteiger charge is -2.21. The first-order valence-electron chi connectivity index (χ1n) is 6.84. The summed E-state index contributed by atoms with van der Waals surface area (Å²) in [6.45, 7) is 5.29. The molecule has 20 heavy (non-hydrogen) atoms. The van der Waals surface area contributed by atoms with E-state index in [-0.39, 0.29) is 0 Å². The zero-order valence-corrected chi connectivity index (χ0v) is 15.0. The van der Waals surface area contributed by atoms with Gasteiger partial charge in [0.2, 0.25) is 0 Å².